The summed E-state index contributed by atoms with van der Waals surface area (Å²) in [4.78, 5) is 17.1. The van der Waals surface area contributed by atoms with Gasteiger partial charge in [0.25, 0.3) is 0 Å². The summed E-state index contributed by atoms with van der Waals surface area (Å²) in [5.41, 5.74) is 3.41. The smallest absolute Gasteiger partial charge is 0.233 e. The van der Waals surface area contributed by atoms with E-state index in [4.69, 9.17) is 0 Å². The summed E-state index contributed by atoms with van der Waals surface area (Å²) >= 11 is 1.32. The van der Waals surface area contributed by atoms with Gasteiger partial charge in [0.05, 0.1) is 11.3 Å². The highest BCUT2D eigenvalue weighted by atomic mass is 32.2. The van der Waals surface area contributed by atoms with Crippen molar-refractivity contribution >= 4 is 29.8 Å². The molecule has 1 aromatic heterocycles. The SMILES string of the molecule is CC(Sc1n[nH]c(/C=C/c2ccc(F)cc2)n1)C(=O)NC1CCCc2ccccc21. The Morgan fingerprint density at radius 1 is 1.23 bits per heavy atom. The Morgan fingerprint density at radius 3 is 2.87 bits per heavy atom. The molecule has 0 spiro atoms. The Morgan fingerprint density at radius 2 is 2.03 bits per heavy atom. The third-order valence-corrected chi connectivity index (χ3v) is 6.08. The van der Waals surface area contributed by atoms with E-state index in [1.54, 1.807) is 18.2 Å². The van der Waals surface area contributed by atoms with Crippen molar-refractivity contribution in [2.45, 2.75) is 42.6 Å². The van der Waals surface area contributed by atoms with E-state index in [9.17, 15) is 9.18 Å². The first kappa shape index (κ1) is 20.3. The zero-order chi connectivity index (χ0) is 20.9. The van der Waals surface area contributed by atoms with Gasteiger partial charge in [0.1, 0.15) is 11.6 Å². The summed E-state index contributed by atoms with van der Waals surface area (Å²) in [5.74, 6) is 0.292. The molecule has 0 aliphatic heterocycles. The van der Waals surface area contributed by atoms with Gasteiger partial charge >= 0.3 is 0 Å². The normalized spacial score (nSPS) is 16.9. The van der Waals surface area contributed by atoms with E-state index < -0.39 is 0 Å². The number of aromatic amines is 1. The summed E-state index contributed by atoms with van der Waals surface area (Å²) in [6.45, 7) is 1.86. The summed E-state index contributed by atoms with van der Waals surface area (Å²) in [6.07, 6.45) is 6.70. The number of nitrogens with one attached hydrogen (secondary N) is 2. The maximum absolute atomic E-state index is 13.0. The maximum Gasteiger partial charge on any atom is 0.233 e. The number of aromatic nitrogens is 3. The Labute approximate surface area is 179 Å². The van der Waals surface area contributed by atoms with Crippen molar-refractivity contribution in [1.82, 2.24) is 20.5 Å². The van der Waals surface area contributed by atoms with Crippen LogP contribution in [0.25, 0.3) is 12.2 Å². The highest BCUT2D eigenvalue weighted by Crippen LogP contribution is 2.30. The maximum atomic E-state index is 13.0. The molecule has 2 unspecified atom stereocenters. The van der Waals surface area contributed by atoms with Gasteiger partial charge in [-0.2, -0.15) is 0 Å². The van der Waals surface area contributed by atoms with Gasteiger partial charge in [0.15, 0.2) is 0 Å². The van der Waals surface area contributed by atoms with Crippen molar-refractivity contribution in [3.63, 3.8) is 0 Å². The number of amides is 1. The lowest BCUT2D eigenvalue weighted by molar-refractivity contribution is -0.121. The lowest BCUT2D eigenvalue weighted by Crippen LogP contribution is -2.35. The molecule has 1 heterocycles. The quantitative estimate of drug-likeness (QED) is 0.561. The van der Waals surface area contributed by atoms with E-state index >= 15 is 0 Å². The molecule has 2 aromatic carbocycles. The van der Waals surface area contributed by atoms with Crippen LogP contribution in [0.2, 0.25) is 0 Å². The highest BCUT2D eigenvalue weighted by Gasteiger charge is 2.24. The Balaban J connectivity index is 1.34. The number of aryl methyl sites for hydroxylation is 1. The minimum atomic E-state index is -0.316. The second-order valence-corrected chi connectivity index (χ2v) is 8.61. The van der Waals surface area contributed by atoms with Crippen LogP contribution in [0.3, 0.4) is 0 Å². The molecule has 4 rings (SSSR count). The first-order valence-electron chi connectivity index (χ1n) is 9.99. The molecule has 7 heteroatoms. The molecular formula is C23H23FN4OS. The predicted octanol–water partition coefficient (Wildman–Crippen LogP) is 4.79. The molecule has 5 nitrogen and oxygen atoms in total. The van der Waals surface area contributed by atoms with E-state index in [1.807, 2.05) is 25.1 Å². The van der Waals surface area contributed by atoms with E-state index in [0.29, 0.717) is 11.0 Å². The molecular weight excluding hydrogens is 399 g/mol. The molecule has 2 atom stereocenters. The molecule has 0 radical (unpaired) electrons. The van der Waals surface area contributed by atoms with Crippen LogP contribution in [0.15, 0.2) is 53.7 Å². The lowest BCUT2D eigenvalue weighted by atomic mass is 9.88. The number of hydrogen-bond donors (Lipinski definition) is 2. The topological polar surface area (TPSA) is 70.7 Å². The number of benzene rings is 2. The van der Waals surface area contributed by atoms with Crippen LogP contribution in [-0.2, 0) is 11.2 Å². The lowest BCUT2D eigenvalue weighted by Gasteiger charge is -2.27. The fraction of sp³-hybridized carbons (Fsp3) is 0.261. The van der Waals surface area contributed by atoms with Crippen LogP contribution in [0.4, 0.5) is 4.39 Å². The number of halogens is 1. The molecule has 30 heavy (non-hydrogen) atoms. The van der Waals surface area contributed by atoms with Crippen molar-refractivity contribution in [3.8, 4) is 0 Å². The zero-order valence-electron chi connectivity index (χ0n) is 16.6. The molecule has 0 bridgehead atoms. The van der Waals surface area contributed by atoms with Gasteiger partial charge in [-0.25, -0.2) is 9.37 Å². The summed E-state index contributed by atoms with van der Waals surface area (Å²) < 4.78 is 13.0. The molecule has 0 saturated carbocycles. The van der Waals surface area contributed by atoms with E-state index in [1.165, 1.54) is 35.0 Å². The molecule has 2 N–H and O–H groups in total. The van der Waals surface area contributed by atoms with Gasteiger partial charge in [-0.05, 0) is 61.1 Å². The summed E-state index contributed by atoms with van der Waals surface area (Å²) in [6, 6.07) is 14.6. The second kappa shape index (κ2) is 9.26. The number of nitrogens with zero attached hydrogens (tertiary/aromatic N) is 2. The fourth-order valence-corrected chi connectivity index (χ4v) is 4.28. The van der Waals surface area contributed by atoms with Crippen molar-refractivity contribution in [2.75, 3.05) is 0 Å². The van der Waals surface area contributed by atoms with Gasteiger partial charge in [0, 0.05) is 0 Å². The molecule has 1 aliphatic rings. The minimum Gasteiger partial charge on any atom is -0.348 e. The number of carbonyl (C=O) groups is 1. The molecule has 1 aliphatic carbocycles. The van der Waals surface area contributed by atoms with Crippen LogP contribution >= 0.6 is 11.8 Å². The minimum absolute atomic E-state index is 0.0186. The van der Waals surface area contributed by atoms with Crippen molar-refractivity contribution in [2.24, 2.45) is 0 Å². The van der Waals surface area contributed by atoms with E-state index in [-0.39, 0.29) is 23.0 Å². The third kappa shape index (κ3) is 4.97. The molecule has 1 amide bonds. The van der Waals surface area contributed by atoms with Gasteiger partial charge in [-0.3, -0.25) is 9.89 Å². The number of fused-ring (bicyclic) bond motifs is 1. The zero-order valence-corrected chi connectivity index (χ0v) is 17.5. The van der Waals surface area contributed by atoms with E-state index in [0.717, 1.165) is 24.8 Å². The fourth-order valence-electron chi connectivity index (χ4n) is 3.54. The molecule has 0 fully saturated rings. The number of rotatable bonds is 6. The highest BCUT2D eigenvalue weighted by molar-refractivity contribution is 8.00. The van der Waals surface area contributed by atoms with Crippen molar-refractivity contribution in [1.29, 1.82) is 0 Å². The van der Waals surface area contributed by atoms with Gasteiger partial charge in [0.2, 0.25) is 11.1 Å². The molecule has 3 aromatic rings. The average Bonchev–Trinajstić information content (AvgIpc) is 3.21. The van der Waals surface area contributed by atoms with Gasteiger partial charge < -0.3 is 5.32 Å². The Kier molecular flexibility index (Phi) is 6.28. The number of hydrogen-bond acceptors (Lipinski definition) is 4. The van der Waals surface area contributed by atoms with Crippen LogP contribution in [0.1, 0.15) is 48.3 Å². The van der Waals surface area contributed by atoms with Crippen LogP contribution < -0.4 is 5.32 Å². The number of thioether (sulfide) groups is 1. The van der Waals surface area contributed by atoms with Crippen LogP contribution in [-0.4, -0.2) is 26.3 Å². The molecule has 0 saturated heterocycles. The van der Waals surface area contributed by atoms with Crippen molar-refractivity contribution < 1.29 is 9.18 Å². The van der Waals surface area contributed by atoms with Crippen LogP contribution in [0, 0.1) is 5.82 Å². The van der Waals surface area contributed by atoms with Crippen molar-refractivity contribution in [3.05, 3.63) is 76.9 Å². The Hall–Kier alpha value is -2.93. The first-order valence-corrected chi connectivity index (χ1v) is 10.9. The monoisotopic (exact) mass is 422 g/mol. The third-order valence-electron chi connectivity index (χ3n) is 5.12. The predicted molar refractivity (Wildman–Crippen MR) is 117 cm³/mol. The van der Waals surface area contributed by atoms with E-state index in [2.05, 4.69) is 32.6 Å². The summed E-state index contributed by atoms with van der Waals surface area (Å²) in [5, 5.41) is 10.4. The second-order valence-electron chi connectivity index (χ2n) is 7.30. The largest absolute Gasteiger partial charge is 0.348 e. The summed E-state index contributed by atoms with van der Waals surface area (Å²) in [7, 11) is 0. The first-order chi connectivity index (χ1) is 14.6. The van der Waals surface area contributed by atoms with Crippen LogP contribution in [0.5, 0.6) is 0 Å². The van der Waals surface area contributed by atoms with Gasteiger partial charge in [-0.1, -0.05) is 54.2 Å². The molecule has 154 valence electrons. The number of H-pyrrole nitrogens is 1. The Bertz CT molecular complexity index is 1050. The average molecular weight is 423 g/mol. The van der Waals surface area contributed by atoms with Gasteiger partial charge in [-0.15, -0.1) is 5.10 Å². The standard InChI is InChI=1S/C23H23FN4OS/c1-15(22(29)25-20-8-4-6-17-5-2-3-7-19(17)20)30-23-26-21(27-28-23)14-11-16-9-12-18(24)13-10-16/h2-3,5,7,9-15,20H,4,6,8H2,1H3,(H,25,29)(H,26,27,28)/b14-11+. The number of carbonyl (C=O) groups excluding carboxylic acids is 1.